The predicted octanol–water partition coefficient (Wildman–Crippen LogP) is 3.00. The van der Waals surface area contributed by atoms with E-state index in [0.717, 1.165) is 10.9 Å². The smallest absolute Gasteiger partial charge is 0.193 e. The third-order valence-corrected chi connectivity index (χ3v) is 3.38. The van der Waals surface area contributed by atoms with Crippen LogP contribution in [0.1, 0.15) is 5.69 Å². The molecule has 2 aromatic heterocycles. The van der Waals surface area contributed by atoms with Crippen LogP contribution in [0.25, 0.3) is 0 Å². The zero-order valence-electron chi connectivity index (χ0n) is 7.10. The van der Waals surface area contributed by atoms with Gasteiger partial charge in [0.25, 0.3) is 0 Å². The van der Waals surface area contributed by atoms with E-state index >= 15 is 0 Å². The van der Waals surface area contributed by atoms with Gasteiger partial charge in [0.1, 0.15) is 0 Å². The van der Waals surface area contributed by atoms with Gasteiger partial charge in [-0.25, -0.2) is 9.97 Å². The highest BCUT2D eigenvalue weighted by atomic mass is 32.2. The maximum absolute atomic E-state index is 4.31. The maximum Gasteiger partial charge on any atom is 0.193 e. The first kappa shape index (κ1) is 8.72. The molecule has 2 rings (SSSR count). The van der Waals surface area contributed by atoms with Crippen molar-refractivity contribution in [3.63, 3.8) is 0 Å². The van der Waals surface area contributed by atoms with E-state index in [-0.39, 0.29) is 0 Å². The average molecular weight is 208 g/mol. The normalized spacial score (nSPS) is 10.2. The van der Waals surface area contributed by atoms with E-state index in [4.69, 9.17) is 0 Å². The second-order valence-corrected chi connectivity index (χ2v) is 4.73. The molecule has 0 aliphatic rings. The van der Waals surface area contributed by atoms with E-state index in [2.05, 4.69) is 21.4 Å². The minimum atomic E-state index is 0.822. The molecule has 2 heterocycles. The van der Waals surface area contributed by atoms with Crippen LogP contribution >= 0.6 is 23.1 Å². The van der Waals surface area contributed by atoms with E-state index in [0.29, 0.717) is 0 Å². The quantitative estimate of drug-likeness (QED) is 0.709. The lowest BCUT2D eigenvalue weighted by Gasteiger charge is -1.96. The zero-order chi connectivity index (χ0) is 9.10. The van der Waals surface area contributed by atoms with Gasteiger partial charge in [0.05, 0.1) is 4.21 Å². The zero-order valence-corrected chi connectivity index (χ0v) is 8.73. The molecule has 66 valence electrons. The minimum Gasteiger partial charge on any atom is -0.231 e. The lowest BCUT2D eigenvalue weighted by atomic mass is 10.5. The fraction of sp³-hybridized carbons (Fsp3) is 0.111. The van der Waals surface area contributed by atoms with Gasteiger partial charge in [0.2, 0.25) is 0 Å². The Balaban J connectivity index is 2.19. The van der Waals surface area contributed by atoms with Crippen LogP contribution < -0.4 is 0 Å². The average Bonchev–Trinajstić information content (AvgIpc) is 2.57. The molecule has 0 saturated carbocycles. The van der Waals surface area contributed by atoms with Gasteiger partial charge in [0, 0.05) is 11.9 Å². The third-order valence-electron chi connectivity index (χ3n) is 1.46. The van der Waals surface area contributed by atoms with Crippen LogP contribution in [0.4, 0.5) is 0 Å². The second kappa shape index (κ2) is 3.89. The summed E-state index contributed by atoms with van der Waals surface area (Å²) >= 11 is 3.31. The number of hydrogen-bond acceptors (Lipinski definition) is 4. The van der Waals surface area contributed by atoms with Gasteiger partial charge in [-0.3, -0.25) is 0 Å². The molecular weight excluding hydrogens is 200 g/mol. The molecule has 2 aromatic rings. The van der Waals surface area contributed by atoms with Crippen molar-refractivity contribution >= 4 is 23.1 Å². The Kier molecular flexibility index (Phi) is 2.61. The Labute approximate surface area is 85.1 Å². The lowest BCUT2D eigenvalue weighted by Crippen LogP contribution is -1.86. The maximum atomic E-state index is 4.31. The second-order valence-electron chi connectivity index (χ2n) is 2.51. The summed E-state index contributed by atoms with van der Waals surface area (Å²) in [6, 6.07) is 6.00. The van der Waals surface area contributed by atoms with Gasteiger partial charge in [-0.2, -0.15) is 0 Å². The van der Waals surface area contributed by atoms with Gasteiger partial charge in [-0.15, -0.1) is 11.3 Å². The third kappa shape index (κ3) is 2.29. The monoisotopic (exact) mass is 208 g/mol. The number of aromatic nitrogens is 2. The number of nitrogens with zero attached hydrogens (tertiary/aromatic N) is 2. The Morgan fingerprint density at radius 2 is 2.31 bits per heavy atom. The van der Waals surface area contributed by atoms with Crippen molar-refractivity contribution in [3.05, 3.63) is 35.5 Å². The van der Waals surface area contributed by atoms with Crippen molar-refractivity contribution in [1.29, 1.82) is 0 Å². The Morgan fingerprint density at radius 3 is 3.00 bits per heavy atom. The fourth-order valence-electron chi connectivity index (χ4n) is 0.887. The molecule has 0 atom stereocenters. The van der Waals surface area contributed by atoms with Crippen LogP contribution in [0.3, 0.4) is 0 Å². The topological polar surface area (TPSA) is 25.8 Å². The van der Waals surface area contributed by atoms with Crippen LogP contribution in [0.15, 0.2) is 39.1 Å². The van der Waals surface area contributed by atoms with E-state index in [1.54, 1.807) is 29.3 Å². The first-order valence-corrected chi connectivity index (χ1v) is 5.55. The summed E-state index contributed by atoms with van der Waals surface area (Å²) in [6.45, 7) is 1.97. The molecule has 0 aliphatic carbocycles. The molecular formula is C9H8N2S2. The molecule has 13 heavy (non-hydrogen) atoms. The summed E-state index contributed by atoms with van der Waals surface area (Å²) in [7, 11) is 0. The molecule has 0 unspecified atom stereocenters. The van der Waals surface area contributed by atoms with Crippen LogP contribution in [-0.4, -0.2) is 9.97 Å². The fourth-order valence-corrected chi connectivity index (χ4v) is 2.55. The van der Waals surface area contributed by atoms with E-state index < -0.39 is 0 Å². The van der Waals surface area contributed by atoms with Crippen LogP contribution in [-0.2, 0) is 0 Å². The van der Waals surface area contributed by atoms with Gasteiger partial charge in [0.15, 0.2) is 5.16 Å². The highest BCUT2D eigenvalue weighted by molar-refractivity contribution is 8.01. The highest BCUT2D eigenvalue weighted by Gasteiger charge is 2.00. The molecule has 0 spiro atoms. The van der Waals surface area contributed by atoms with Crippen molar-refractivity contribution in [2.75, 3.05) is 0 Å². The molecule has 0 aromatic carbocycles. The molecule has 0 fully saturated rings. The number of rotatable bonds is 2. The molecule has 0 N–H and O–H groups in total. The first-order valence-electron chi connectivity index (χ1n) is 3.85. The number of thiophene rings is 1. The van der Waals surface area contributed by atoms with Crippen LogP contribution in [0.2, 0.25) is 0 Å². The van der Waals surface area contributed by atoms with Crippen molar-refractivity contribution in [2.24, 2.45) is 0 Å². The molecule has 0 bridgehead atoms. The SMILES string of the molecule is Cc1ccnc(Sc2cccs2)n1. The summed E-state index contributed by atoms with van der Waals surface area (Å²) in [4.78, 5) is 8.48. The van der Waals surface area contributed by atoms with Gasteiger partial charge < -0.3 is 0 Å². The lowest BCUT2D eigenvalue weighted by molar-refractivity contribution is 0.933. The summed E-state index contributed by atoms with van der Waals surface area (Å²) in [5, 5.41) is 2.88. The summed E-state index contributed by atoms with van der Waals surface area (Å²) in [5.74, 6) is 0. The molecule has 0 amide bonds. The van der Waals surface area contributed by atoms with Crippen LogP contribution in [0, 0.1) is 6.92 Å². The van der Waals surface area contributed by atoms with Crippen molar-refractivity contribution < 1.29 is 0 Å². The Bertz CT molecular complexity index is 384. The number of hydrogen-bond donors (Lipinski definition) is 0. The standard InChI is InChI=1S/C9H8N2S2/c1-7-4-5-10-9(11-7)13-8-3-2-6-12-8/h2-6H,1H3. The van der Waals surface area contributed by atoms with Gasteiger partial charge in [-0.1, -0.05) is 6.07 Å². The van der Waals surface area contributed by atoms with Crippen molar-refractivity contribution in [1.82, 2.24) is 9.97 Å². The molecule has 4 heteroatoms. The van der Waals surface area contributed by atoms with Gasteiger partial charge in [-0.05, 0) is 36.2 Å². The summed E-state index contributed by atoms with van der Waals surface area (Å²) in [6.07, 6.45) is 1.79. The largest absolute Gasteiger partial charge is 0.231 e. The Morgan fingerprint density at radius 1 is 1.38 bits per heavy atom. The molecule has 0 aliphatic heterocycles. The van der Waals surface area contributed by atoms with Gasteiger partial charge >= 0.3 is 0 Å². The number of aryl methyl sites for hydroxylation is 1. The minimum absolute atomic E-state index is 0.822. The van der Waals surface area contributed by atoms with Crippen molar-refractivity contribution in [2.45, 2.75) is 16.3 Å². The molecule has 0 radical (unpaired) electrons. The van der Waals surface area contributed by atoms with E-state index in [1.807, 2.05) is 19.1 Å². The summed E-state index contributed by atoms with van der Waals surface area (Å²) < 4.78 is 1.23. The molecule has 0 saturated heterocycles. The van der Waals surface area contributed by atoms with Crippen molar-refractivity contribution in [3.8, 4) is 0 Å². The van der Waals surface area contributed by atoms with Crippen LogP contribution in [0.5, 0.6) is 0 Å². The Hall–Kier alpha value is -0.870. The molecule has 2 nitrogen and oxygen atoms in total. The van der Waals surface area contributed by atoms with E-state index in [9.17, 15) is 0 Å². The predicted molar refractivity (Wildman–Crippen MR) is 55.2 cm³/mol. The first-order chi connectivity index (χ1) is 6.34. The summed E-state index contributed by atoms with van der Waals surface area (Å²) in [5.41, 5.74) is 1.01. The van der Waals surface area contributed by atoms with E-state index in [1.165, 1.54) is 4.21 Å². The highest BCUT2D eigenvalue weighted by Crippen LogP contribution is 2.28.